The van der Waals surface area contributed by atoms with Crippen LogP contribution < -0.4 is 15.2 Å². The quantitative estimate of drug-likeness (QED) is 0.633. The number of primary amides is 1. The van der Waals surface area contributed by atoms with Gasteiger partial charge in [0, 0.05) is 17.8 Å². The van der Waals surface area contributed by atoms with Crippen molar-refractivity contribution < 1.29 is 18.7 Å². The maximum Gasteiger partial charge on any atom is 0.267 e. The maximum absolute atomic E-state index is 13.2. The molecule has 0 radical (unpaired) electrons. The highest BCUT2D eigenvalue weighted by molar-refractivity contribution is 5.92. The van der Waals surface area contributed by atoms with Gasteiger partial charge in [-0.2, -0.15) is 5.26 Å². The molecule has 8 heteroatoms. The number of halogens is 1. The van der Waals surface area contributed by atoms with E-state index < -0.39 is 5.91 Å². The highest BCUT2D eigenvalue weighted by Crippen LogP contribution is 2.30. The van der Waals surface area contributed by atoms with Crippen LogP contribution in [0, 0.1) is 17.1 Å². The van der Waals surface area contributed by atoms with E-state index in [4.69, 9.17) is 20.5 Å². The molecule has 0 saturated carbocycles. The van der Waals surface area contributed by atoms with E-state index >= 15 is 0 Å². The van der Waals surface area contributed by atoms with Gasteiger partial charge in [-0.05, 0) is 23.8 Å². The zero-order chi connectivity index (χ0) is 19.9. The number of aromatic nitrogens is 2. The molecular formula is C20H15FN4O3. The Kier molecular flexibility index (Phi) is 5.77. The lowest BCUT2D eigenvalue weighted by atomic mass is 10.0. The minimum atomic E-state index is -0.678. The third kappa shape index (κ3) is 4.59. The molecule has 2 heterocycles. The summed E-state index contributed by atoms with van der Waals surface area (Å²) in [5, 5.41) is 8.87. The minimum Gasteiger partial charge on any atom is -0.488 e. The summed E-state index contributed by atoms with van der Waals surface area (Å²) in [6, 6.07) is 10.8. The van der Waals surface area contributed by atoms with Crippen LogP contribution in [-0.2, 0) is 0 Å². The Bertz CT molecular complexity index is 1030. The Morgan fingerprint density at radius 3 is 2.57 bits per heavy atom. The van der Waals surface area contributed by atoms with Gasteiger partial charge in [-0.15, -0.1) is 0 Å². The third-order valence-corrected chi connectivity index (χ3v) is 3.73. The first kappa shape index (κ1) is 18.8. The Hall–Kier alpha value is -3.99. The van der Waals surface area contributed by atoms with Gasteiger partial charge in [-0.1, -0.05) is 12.1 Å². The number of amides is 1. The smallest absolute Gasteiger partial charge is 0.267 e. The van der Waals surface area contributed by atoms with Crippen molar-refractivity contribution in [3.8, 4) is 28.7 Å². The lowest BCUT2D eigenvalue weighted by molar-refractivity contribution is 0.0995. The number of hydrogen-bond acceptors (Lipinski definition) is 6. The molecule has 0 atom stereocenters. The summed E-state index contributed by atoms with van der Waals surface area (Å²) in [5.74, 6) is -0.215. The molecule has 3 aromatic rings. The Morgan fingerprint density at radius 1 is 1.11 bits per heavy atom. The number of carbonyl (C=O) groups is 1. The highest BCUT2D eigenvalue weighted by atomic mass is 19.1. The number of pyridine rings is 2. The summed E-state index contributed by atoms with van der Waals surface area (Å²) < 4.78 is 24.4. The monoisotopic (exact) mass is 378 g/mol. The predicted octanol–water partition coefficient (Wildman–Crippen LogP) is 2.71. The van der Waals surface area contributed by atoms with Crippen molar-refractivity contribution in [2.24, 2.45) is 5.73 Å². The molecule has 0 bridgehead atoms. The van der Waals surface area contributed by atoms with Crippen LogP contribution in [0.5, 0.6) is 11.5 Å². The molecule has 3 rings (SSSR count). The van der Waals surface area contributed by atoms with E-state index in [0.717, 1.165) is 0 Å². The molecule has 0 aliphatic rings. The zero-order valence-corrected chi connectivity index (χ0v) is 14.6. The van der Waals surface area contributed by atoms with Crippen molar-refractivity contribution in [3.63, 3.8) is 0 Å². The van der Waals surface area contributed by atoms with Gasteiger partial charge in [0.15, 0.2) is 0 Å². The van der Waals surface area contributed by atoms with Gasteiger partial charge >= 0.3 is 0 Å². The van der Waals surface area contributed by atoms with E-state index in [1.165, 1.54) is 36.8 Å². The van der Waals surface area contributed by atoms with E-state index in [9.17, 15) is 9.18 Å². The van der Waals surface area contributed by atoms with Gasteiger partial charge < -0.3 is 15.2 Å². The van der Waals surface area contributed by atoms with Crippen LogP contribution in [0.3, 0.4) is 0 Å². The molecule has 0 saturated heterocycles. The summed E-state index contributed by atoms with van der Waals surface area (Å²) in [4.78, 5) is 19.3. The summed E-state index contributed by atoms with van der Waals surface area (Å²) in [6.07, 6.45) is 4.31. The van der Waals surface area contributed by atoms with Crippen molar-refractivity contribution in [1.82, 2.24) is 9.97 Å². The summed E-state index contributed by atoms with van der Waals surface area (Å²) in [5.41, 5.74) is 6.96. The molecule has 0 aliphatic carbocycles. The van der Waals surface area contributed by atoms with Crippen LogP contribution >= 0.6 is 0 Å². The molecule has 0 aliphatic heterocycles. The van der Waals surface area contributed by atoms with Crippen LogP contribution in [0.2, 0.25) is 0 Å². The molecule has 1 amide bonds. The van der Waals surface area contributed by atoms with E-state index in [-0.39, 0.29) is 24.7 Å². The number of carbonyl (C=O) groups excluding carboxylic acids is 1. The maximum atomic E-state index is 13.2. The SMILES string of the molecule is N#Cc1cncc(OCCOc2cnc(C(N)=O)cc2-c2ccc(F)cc2)c1. The van der Waals surface area contributed by atoms with Crippen molar-refractivity contribution in [1.29, 1.82) is 5.26 Å². The van der Waals surface area contributed by atoms with E-state index in [0.29, 0.717) is 28.2 Å². The average Bonchev–Trinajstić information content (AvgIpc) is 2.72. The normalized spacial score (nSPS) is 10.1. The van der Waals surface area contributed by atoms with Crippen LogP contribution in [-0.4, -0.2) is 29.1 Å². The van der Waals surface area contributed by atoms with Gasteiger partial charge in [0.25, 0.3) is 5.91 Å². The summed E-state index contributed by atoms with van der Waals surface area (Å²) in [6.45, 7) is 0.361. The first-order valence-electron chi connectivity index (χ1n) is 8.23. The molecule has 1 aromatic carbocycles. The van der Waals surface area contributed by atoms with Gasteiger partial charge in [0.05, 0.1) is 18.0 Å². The van der Waals surface area contributed by atoms with Crippen LogP contribution in [0.4, 0.5) is 4.39 Å². The second-order valence-electron chi connectivity index (χ2n) is 5.65. The largest absolute Gasteiger partial charge is 0.488 e. The zero-order valence-electron chi connectivity index (χ0n) is 14.6. The number of benzene rings is 1. The number of nitrogens with zero attached hydrogens (tertiary/aromatic N) is 3. The van der Waals surface area contributed by atoms with Crippen molar-refractivity contribution in [3.05, 3.63) is 72.1 Å². The van der Waals surface area contributed by atoms with Crippen molar-refractivity contribution >= 4 is 5.91 Å². The molecule has 2 N–H and O–H groups in total. The van der Waals surface area contributed by atoms with Gasteiger partial charge in [-0.25, -0.2) is 9.37 Å². The van der Waals surface area contributed by atoms with Crippen LogP contribution in [0.15, 0.2) is 55.0 Å². The molecule has 28 heavy (non-hydrogen) atoms. The first-order valence-corrected chi connectivity index (χ1v) is 8.23. The molecular weight excluding hydrogens is 363 g/mol. The third-order valence-electron chi connectivity index (χ3n) is 3.73. The van der Waals surface area contributed by atoms with Gasteiger partial charge in [0.2, 0.25) is 0 Å². The minimum absolute atomic E-state index is 0.0716. The number of nitriles is 1. The van der Waals surface area contributed by atoms with Gasteiger partial charge in [0.1, 0.15) is 42.3 Å². The highest BCUT2D eigenvalue weighted by Gasteiger charge is 2.12. The molecule has 0 spiro atoms. The Morgan fingerprint density at radius 2 is 1.86 bits per heavy atom. The van der Waals surface area contributed by atoms with Crippen molar-refractivity contribution in [2.75, 3.05) is 13.2 Å². The van der Waals surface area contributed by atoms with Crippen LogP contribution in [0.25, 0.3) is 11.1 Å². The number of hydrogen-bond donors (Lipinski definition) is 1. The fourth-order valence-corrected chi connectivity index (χ4v) is 2.42. The number of rotatable bonds is 7. The predicted molar refractivity (Wildman–Crippen MR) is 98.1 cm³/mol. The second kappa shape index (κ2) is 8.60. The molecule has 0 unspecified atom stereocenters. The van der Waals surface area contributed by atoms with E-state index in [2.05, 4.69) is 9.97 Å². The Balaban J connectivity index is 1.73. The topological polar surface area (TPSA) is 111 Å². The van der Waals surface area contributed by atoms with Crippen LogP contribution in [0.1, 0.15) is 16.1 Å². The fourth-order valence-electron chi connectivity index (χ4n) is 2.42. The average molecular weight is 378 g/mol. The number of ether oxygens (including phenoxy) is 2. The van der Waals surface area contributed by atoms with E-state index in [1.807, 2.05) is 6.07 Å². The van der Waals surface area contributed by atoms with Gasteiger partial charge in [-0.3, -0.25) is 9.78 Å². The summed E-state index contributed by atoms with van der Waals surface area (Å²) >= 11 is 0. The van der Waals surface area contributed by atoms with Crippen molar-refractivity contribution in [2.45, 2.75) is 0 Å². The summed E-state index contributed by atoms with van der Waals surface area (Å²) in [7, 11) is 0. The molecule has 0 fully saturated rings. The second-order valence-corrected chi connectivity index (χ2v) is 5.65. The van der Waals surface area contributed by atoms with E-state index in [1.54, 1.807) is 18.2 Å². The molecule has 2 aromatic heterocycles. The number of nitrogens with two attached hydrogens (primary N) is 1. The lowest BCUT2D eigenvalue weighted by Gasteiger charge is -2.13. The Labute approximate surface area is 160 Å². The fraction of sp³-hybridized carbons (Fsp3) is 0.100. The molecule has 7 nitrogen and oxygen atoms in total. The lowest BCUT2D eigenvalue weighted by Crippen LogP contribution is -2.14. The molecule has 140 valence electrons. The first-order chi connectivity index (χ1) is 13.6. The standard InChI is InChI=1S/C20H15FN4O3/c21-15-3-1-14(2-4-15)17-8-18(20(23)26)25-12-19(17)28-6-5-27-16-7-13(9-22)10-24-11-16/h1-4,7-8,10-12H,5-6H2,(H2,23,26).